The molecule has 3 aromatic rings. The van der Waals surface area contributed by atoms with Crippen molar-refractivity contribution in [2.45, 2.75) is 12.5 Å². The molecule has 2 aromatic carbocycles. The van der Waals surface area contributed by atoms with Crippen molar-refractivity contribution in [2.75, 3.05) is 13.3 Å². The summed E-state index contributed by atoms with van der Waals surface area (Å²) >= 11 is 8.06. The van der Waals surface area contributed by atoms with E-state index in [9.17, 15) is 4.79 Å². The van der Waals surface area contributed by atoms with Crippen LogP contribution < -0.4 is 9.47 Å². The van der Waals surface area contributed by atoms with Crippen LogP contribution in [0.15, 0.2) is 53.9 Å². The molecule has 0 saturated carbocycles. The number of hydrogen-bond donors (Lipinski definition) is 0. The van der Waals surface area contributed by atoms with Gasteiger partial charge >= 0.3 is 0 Å². The molecule has 27 heavy (non-hydrogen) atoms. The van der Waals surface area contributed by atoms with E-state index in [0.29, 0.717) is 28.6 Å². The van der Waals surface area contributed by atoms with Crippen LogP contribution in [0.2, 0.25) is 5.02 Å². The van der Waals surface area contributed by atoms with E-state index in [2.05, 4.69) is 23.6 Å². The number of rotatable bonds is 2. The van der Waals surface area contributed by atoms with Crippen molar-refractivity contribution in [2.24, 2.45) is 0 Å². The van der Waals surface area contributed by atoms with Crippen LogP contribution >= 0.6 is 22.9 Å². The maximum absolute atomic E-state index is 13.4. The Kier molecular flexibility index (Phi) is 4.06. The predicted octanol–water partition coefficient (Wildman–Crippen LogP) is 4.92. The molecule has 2 aliphatic heterocycles. The van der Waals surface area contributed by atoms with Crippen molar-refractivity contribution in [1.82, 2.24) is 4.90 Å². The lowest BCUT2D eigenvalue weighted by Gasteiger charge is -2.36. The van der Waals surface area contributed by atoms with Crippen molar-refractivity contribution in [3.8, 4) is 11.5 Å². The standard InChI is InChI=1S/C21H16ClNO3S/c22-16-10-14(11-17-20(16)26-12-25-17)21(24)23-8-6-18-15(7-9-27-18)19(23)13-4-2-1-3-5-13/h1-5,7,9-11,19H,6,8,12H2. The van der Waals surface area contributed by atoms with Crippen molar-refractivity contribution in [1.29, 1.82) is 0 Å². The Balaban J connectivity index is 1.57. The lowest BCUT2D eigenvalue weighted by Crippen LogP contribution is -2.40. The van der Waals surface area contributed by atoms with Gasteiger partial charge in [0.1, 0.15) is 0 Å². The molecule has 1 unspecified atom stereocenters. The quantitative estimate of drug-likeness (QED) is 0.616. The second-order valence-corrected chi connectivity index (χ2v) is 7.96. The third kappa shape index (κ3) is 2.78. The van der Waals surface area contributed by atoms with Gasteiger partial charge in [-0.2, -0.15) is 0 Å². The van der Waals surface area contributed by atoms with Crippen molar-refractivity contribution in [3.63, 3.8) is 0 Å². The molecule has 0 saturated heterocycles. The summed E-state index contributed by atoms with van der Waals surface area (Å²) in [6.07, 6.45) is 0.861. The molecule has 136 valence electrons. The van der Waals surface area contributed by atoms with Gasteiger partial charge in [0.2, 0.25) is 6.79 Å². The fraction of sp³-hybridized carbons (Fsp3) is 0.190. The Bertz CT molecular complexity index is 1020. The van der Waals surface area contributed by atoms with Crippen molar-refractivity contribution in [3.05, 3.63) is 80.5 Å². The van der Waals surface area contributed by atoms with Gasteiger partial charge in [-0.25, -0.2) is 0 Å². The number of ether oxygens (including phenoxy) is 2. The van der Waals surface area contributed by atoms with Gasteiger partial charge in [0.25, 0.3) is 5.91 Å². The highest BCUT2D eigenvalue weighted by molar-refractivity contribution is 7.10. The lowest BCUT2D eigenvalue weighted by atomic mass is 9.92. The van der Waals surface area contributed by atoms with Crippen LogP contribution in [-0.2, 0) is 6.42 Å². The lowest BCUT2D eigenvalue weighted by molar-refractivity contribution is 0.0695. The zero-order valence-electron chi connectivity index (χ0n) is 14.4. The fourth-order valence-corrected chi connectivity index (χ4v) is 4.96. The summed E-state index contributed by atoms with van der Waals surface area (Å²) in [6.45, 7) is 0.791. The Morgan fingerprint density at radius 2 is 2.00 bits per heavy atom. The Labute approximate surface area is 165 Å². The molecule has 1 amide bonds. The zero-order valence-corrected chi connectivity index (χ0v) is 15.9. The minimum Gasteiger partial charge on any atom is -0.454 e. The first kappa shape index (κ1) is 16.7. The van der Waals surface area contributed by atoms with Crippen LogP contribution in [0.4, 0.5) is 0 Å². The average Bonchev–Trinajstić information content (AvgIpc) is 3.36. The van der Waals surface area contributed by atoms with E-state index < -0.39 is 0 Å². The molecule has 3 heterocycles. The van der Waals surface area contributed by atoms with Gasteiger partial charge in [-0.05, 0) is 41.1 Å². The number of carbonyl (C=O) groups excluding carboxylic acids is 1. The van der Waals surface area contributed by atoms with Gasteiger partial charge in [0.05, 0.1) is 11.1 Å². The van der Waals surface area contributed by atoms with Crippen LogP contribution in [0.1, 0.15) is 32.4 Å². The Hall–Kier alpha value is -2.50. The molecule has 5 rings (SSSR count). The monoisotopic (exact) mass is 397 g/mol. The summed E-state index contributed by atoms with van der Waals surface area (Å²) < 4.78 is 10.8. The molecule has 4 nitrogen and oxygen atoms in total. The number of amides is 1. The van der Waals surface area contributed by atoms with Crippen LogP contribution in [0.25, 0.3) is 0 Å². The number of fused-ring (bicyclic) bond motifs is 2. The van der Waals surface area contributed by atoms with Crippen LogP contribution in [0.5, 0.6) is 11.5 Å². The molecule has 2 aliphatic rings. The van der Waals surface area contributed by atoms with Gasteiger partial charge < -0.3 is 14.4 Å². The van der Waals surface area contributed by atoms with Gasteiger partial charge in [-0.1, -0.05) is 41.9 Å². The normalized spacial score (nSPS) is 17.7. The first-order chi connectivity index (χ1) is 13.2. The number of benzene rings is 2. The van der Waals surface area contributed by atoms with Crippen molar-refractivity contribution >= 4 is 28.8 Å². The summed E-state index contributed by atoms with van der Waals surface area (Å²) in [5.41, 5.74) is 2.83. The van der Waals surface area contributed by atoms with Gasteiger partial charge in [0.15, 0.2) is 11.5 Å². The summed E-state index contributed by atoms with van der Waals surface area (Å²) in [5.74, 6) is 0.975. The molecule has 1 aromatic heterocycles. The molecule has 0 fully saturated rings. The van der Waals surface area contributed by atoms with Gasteiger partial charge in [-0.3, -0.25) is 4.79 Å². The predicted molar refractivity (Wildman–Crippen MR) is 105 cm³/mol. The number of nitrogens with zero attached hydrogens (tertiary/aromatic N) is 1. The molecule has 0 radical (unpaired) electrons. The van der Waals surface area contributed by atoms with Crippen LogP contribution in [0, 0.1) is 0 Å². The highest BCUT2D eigenvalue weighted by atomic mass is 35.5. The maximum Gasteiger partial charge on any atom is 0.254 e. The van der Waals surface area contributed by atoms with E-state index in [-0.39, 0.29) is 18.7 Å². The number of carbonyl (C=O) groups is 1. The SMILES string of the molecule is O=C(c1cc(Cl)c2c(c1)OCO2)N1CCc2sccc2C1c1ccccc1. The summed E-state index contributed by atoms with van der Waals surface area (Å²) in [6, 6.07) is 15.6. The van der Waals surface area contributed by atoms with Crippen LogP contribution in [0.3, 0.4) is 0 Å². The minimum atomic E-state index is -0.0992. The highest BCUT2D eigenvalue weighted by Crippen LogP contribution is 2.42. The zero-order chi connectivity index (χ0) is 18.4. The molecule has 0 aliphatic carbocycles. The molecule has 0 N–H and O–H groups in total. The maximum atomic E-state index is 13.4. The third-order valence-corrected chi connectivity index (χ3v) is 6.29. The highest BCUT2D eigenvalue weighted by Gasteiger charge is 2.34. The molecule has 0 bridgehead atoms. The van der Waals surface area contributed by atoms with E-state index in [1.807, 2.05) is 23.1 Å². The van der Waals surface area contributed by atoms with E-state index in [1.54, 1.807) is 23.5 Å². The first-order valence-corrected chi connectivity index (χ1v) is 9.99. The molecular weight excluding hydrogens is 382 g/mol. The van der Waals surface area contributed by atoms with Gasteiger partial charge in [0, 0.05) is 17.0 Å². The number of halogens is 1. The molecular formula is C21H16ClNO3S. The molecule has 0 spiro atoms. The van der Waals surface area contributed by atoms with E-state index >= 15 is 0 Å². The molecule has 1 atom stereocenters. The topological polar surface area (TPSA) is 38.8 Å². The Morgan fingerprint density at radius 3 is 2.85 bits per heavy atom. The fourth-order valence-electron chi connectivity index (χ4n) is 3.79. The Morgan fingerprint density at radius 1 is 1.15 bits per heavy atom. The van der Waals surface area contributed by atoms with Gasteiger partial charge in [-0.15, -0.1) is 11.3 Å². The van der Waals surface area contributed by atoms with Crippen molar-refractivity contribution < 1.29 is 14.3 Å². The van der Waals surface area contributed by atoms with E-state index in [0.717, 1.165) is 12.0 Å². The summed E-state index contributed by atoms with van der Waals surface area (Å²) in [4.78, 5) is 16.7. The summed E-state index contributed by atoms with van der Waals surface area (Å²) in [5, 5.41) is 2.50. The molecule has 6 heteroatoms. The minimum absolute atomic E-state index is 0.0547. The average molecular weight is 398 g/mol. The number of thiophene rings is 1. The second-order valence-electron chi connectivity index (χ2n) is 6.55. The largest absolute Gasteiger partial charge is 0.454 e. The summed E-state index contributed by atoms with van der Waals surface area (Å²) in [7, 11) is 0. The smallest absolute Gasteiger partial charge is 0.254 e. The first-order valence-electron chi connectivity index (χ1n) is 8.73. The third-order valence-electron chi connectivity index (χ3n) is 5.02. The van der Waals surface area contributed by atoms with Crippen LogP contribution in [-0.4, -0.2) is 24.1 Å². The second kappa shape index (κ2) is 6.59. The van der Waals surface area contributed by atoms with E-state index in [4.69, 9.17) is 21.1 Å². The number of hydrogen-bond acceptors (Lipinski definition) is 4. The van der Waals surface area contributed by atoms with E-state index in [1.165, 1.54) is 10.4 Å².